The summed E-state index contributed by atoms with van der Waals surface area (Å²) in [6.45, 7) is 1.85. The Morgan fingerprint density at radius 3 is 2.28 bits per heavy atom. The van der Waals surface area contributed by atoms with Crippen molar-refractivity contribution < 1.29 is 40.7 Å². The lowest BCUT2D eigenvalue weighted by Crippen LogP contribution is -2.42. The lowest BCUT2D eigenvalue weighted by atomic mass is 10.1. The number of amides is 1. The van der Waals surface area contributed by atoms with Crippen LogP contribution >= 0.6 is 0 Å². The maximum atomic E-state index is 12.6. The number of nitrogens with one attached hydrogen (secondary N) is 1. The average molecular weight is 438 g/mol. The van der Waals surface area contributed by atoms with Gasteiger partial charge in [-0.15, -0.1) is 13.2 Å². The number of hydrogen-bond acceptors (Lipinski definition) is 6. The molecule has 0 unspecified atom stereocenters. The van der Waals surface area contributed by atoms with Gasteiger partial charge in [0, 0.05) is 19.6 Å². The van der Waals surface area contributed by atoms with Crippen molar-refractivity contribution in [2.45, 2.75) is 37.1 Å². The van der Waals surface area contributed by atoms with Crippen molar-refractivity contribution in [2.24, 2.45) is 0 Å². The molecule has 1 aromatic carbocycles. The minimum atomic E-state index is -4.86. The van der Waals surface area contributed by atoms with E-state index >= 15 is 0 Å². The topological polar surface area (TPSA) is 102 Å². The standard InChI is InChI=1S/C17H21F3N2O6S/c1-2-21-16(24)15(23)11-27-12-7-9-22(10-8-12)29(25,26)14-5-3-13(4-6-14)28-17(18,19)20/h3-6,12H,2,7-11H2,1H3,(H,21,24). The highest BCUT2D eigenvalue weighted by Gasteiger charge is 2.32. The first-order chi connectivity index (χ1) is 13.5. The highest BCUT2D eigenvalue weighted by molar-refractivity contribution is 7.89. The van der Waals surface area contributed by atoms with E-state index in [2.05, 4.69) is 10.1 Å². The minimum Gasteiger partial charge on any atom is -0.406 e. The Labute approximate surface area is 166 Å². The van der Waals surface area contributed by atoms with Crippen molar-refractivity contribution in [3.05, 3.63) is 24.3 Å². The van der Waals surface area contributed by atoms with Crippen LogP contribution in [0.5, 0.6) is 5.75 Å². The van der Waals surface area contributed by atoms with Crippen molar-refractivity contribution >= 4 is 21.7 Å². The zero-order valence-electron chi connectivity index (χ0n) is 15.6. The zero-order valence-corrected chi connectivity index (χ0v) is 16.4. The number of carbonyl (C=O) groups excluding carboxylic acids is 2. The molecule has 12 heteroatoms. The second kappa shape index (κ2) is 9.55. The summed E-state index contributed by atoms with van der Waals surface area (Å²) in [4.78, 5) is 22.8. The number of nitrogens with zero attached hydrogens (tertiary/aromatic N) is 1. The zero-order chi connectivity index (χ0) is 21.7. The molecule has 1 fully saturated rings. The summed E-state index contributed by atoms with van der Waals surface area (Å²) < 4.78 is 72.2. The molecule has 1 heterocycles. The average Bonchev–Trinajstić information content (AvgIpc) is 2.65. The molecule has 0 spiro atoms. The van der Waals surface area contributed by atoms with E-state index in [9.17, 15) is 31.2 Å². The van der Waals surface area contributed by atoms with Gasteiger partial charge in [-0.25, -0.2) is 8.42 Å². The Hall–Kier alpha value is -2.18. The van der Waals surface area contributed by atoms with Crippen LogP contribution in [0.25, 0.3) is 0 Å². The fourth-order valence-corrected chi connectivity index (χ4v) is 4.19. The fourth-order valence-electron chi connectivity index (χ4n) is 2.72. The van der Waals surface area contributed by atoms with Gasteiger partial charge < -0.3 is 14.8 Å². The second-order valence-corrected chi connectivity index (χ2v) is 8.15. The van der Waals surface area contributed by atoms with E-state index in [-0.39, 0.29) is 30.7 Å². The number of carbonyl (C=O) groups is 2. The number of hydrogen-bond donors (Lipinski definition) is 1. The maximum absolute atomic E-state index is 12.6. The first-order valence-corrected chi connectivity index (χ1v) is 10.3. The van der Waals surface area contributed by atoms with E-state index in [1.54, 1.807) is 6.92 Å². The van der Waals surface area contributed by atoms with Crippen LogP contribution in [-0.2, 0) is 24.3 Å². The predicted molar refractivity (Wildman–Crippen MR) is 94.5 cm³/mol. The maximum Gasteiger partial charge on any atom is 0.573 e. The van der Waals surface area contributed by atoms with Crippen LogP contribution in [-0.4, -0.2) is 63.1 Å². The van der Waals surface area contributed by atoms with Crippen molar-refractivity contribution in [1.82, 2.24) is 9.62 Å². The number of ketones is 1. The number of alkyl halides is 3. The van der Waals surface area contributed by atoms with Gasteiger partial charge in [-0.1, -0.05) is 0 Å². The third kappa shape index (κ3) is 6.68. The first kappa shape index (κ1) is 23.1. The molecular weight excluding hydrogens is 417 g/mol. The number of piperidine rings is 1. The van der Waals surface area contributed by atoms with Gasteiger partial charge in [0.1, 0.15) is 12.4 Å². The molecule has 0 aromatic heterocycles. The molecule has 29 heavy (non-hydrogen) atoms. The van der Waals surface area contributed by atoms with Crippen LogP contribution < -0.4 is 10.1 Å². The molecule has 1 amide bonds. The summed E-state index contributed by atoms with van der Waals surface area (Å²) >= 11 is 0. The summed E-state index contributed by atoms with van der Waals surface area (Å²) in [6, 6.07) is 3.96. The van der Waals surface area contributed by atoms with E-state index < -0.39 is 33.8 Å². The minimum absolute atomic E-state index is 0.114. The third-order valence-electron chi connectivity index (χ3n) is 4.14. The molecule has 0 radical (unpaired) electrons. The number of halogens is 3. The number of ether oxygens (including phenoxy) is 2. The molecular formula is C17H21F3N2O6S. The van der Waals surface area contributed by atoms with Gasteiger partial charge in [0.25, 0.3) is 5.91 Å². The summed E-state index contributed by atoms with van der Waals surface area (Å²) in [5.74, 6) is -1.95. The van der Waals surface area contributed by atoms with Gasteiger partial charge in [-0.2, -0.15) is 4.31 Å². The van der Waals surface area contributed by atoms with E-state index in [1.165, 1.54) is 4.31 Å². The molecule has 1 saturated heterocycles. The molecule has 1 N–H and O–H groups in total. The lowest BCUT2D eigenvalue weighted by molar-refractivity contribution is -0.274. The number of benzene rings is 1. The first-order valence-electron chi connectivity index (χ1n) is 8.81. The second-order valence-electron chi connectivity index (χ2n) is 6.22. The Kier molecular flexibility index (Phi) is 7.60. The third-order valence-corrected chi connectivity index (χ3v) is 6.05. The molecule has 0 atom stereocenters. The Morgan fingerprint density at radius 1 is 1.17 bits per heavy atom. The van der Waals surface area contributed by atoms with Gasteiger partial charge in [0.05, 0.1) is 11.0 Å². The Bertz CT molecular complexity index is 819. The molecule has 8 nitrogen and oxygen atoms in total. The van der Waals surface area contributed by atoms with Crippen molar-refractivity contribution in [3.8, 4) is 5.75 Å². The lowest BCUT2D eigenvalue weighted by Gasteiger charge is -2.31. The van der Waals surface area contributed by atoms with Crippen LogP contribution in [0.15, 0.2) is 29.2 Å². The summed E-state index contributed by atoms with van der Waals surface area (Å²) in [5.41, 5.74) is 0. The van der Waals surface area contributed by atoms with Gasteiger partial charge in [0.15, 0.2) is 0 Å². The highest BCUT2D eigenvalue weighted by Crippen LogP contribution is 2.26. The number of sulfonamides is 1. The molecule has 1 aromatic rings. The quantitative estimate of drug-likeness (QED) is 0.617. The van der Waals surface area contributed by atoms with Crippen LogP contribution in [0.2, 0.25) is 0 Å². The van der Waals surface area contributed by atoms with Gasteiger partial charge in [-0.05, 0) is 44.0 Å². The molecule has 1 aliphatic heterocycles. The van der Waals surface area contributed by atoms with E-state index in [0.717, 1.165) is 24.3 Å². The van der Waals surface area contributed by atoms with Gasteiger partial charge >= 0.3 is 6.36 Å². The largest absolute Gasteiger partial charge is 0.573 e. The fraction of sp³-hybridized carbons (Fsp3) is 0.529. The van der Waals surface area contributed by atoms with Gasteiger partial charge in [0.2, 0.25) is 15.8 Å². The summed E-state index contributed by atoms with van der Waals surface area (Å²) in [5, 5.41) is 2.37. The Morgan fingerprint density at radius 2 is 1.76 bits per heavy atom. The molecule has 0 saturated carbocycles. The predicted octanol–water partition coefficient (Wildman–Crippen LogP) is 1.46. The SMILES string of the molecule is CCNC(=O)C(=O)COC1CCN(S(=O)(=O)c2ccc(OC(F)(F)F)cc2)CC1. The van der Waals surface area contributed by atoms with Crippen molar-refractivity contribution in [3.63, 3.8) is 0 Å². The molecule has 0 aliphatic carbocycles. The molecule has 1 aliphatic rings. The number of likely N-dealkylation sites (N-methyl/N-ethyl adjacent to an activating group) is 1. The highest BCUT2D eigenvalue weighted by atomic mass is 32.2. The monoisotopic (exact) mass is 438 g/mol. The van der Waals surface area contributed by atoms with Crippen LogP contribution in [0, 0.1) is 0 Å². The van der Waals surface area contributed by atoms with Crippen LogP contribution in [0.4, 0.5) is 13.2 Å². The van der Waals surface area contributed by atoms with Gasteiger partial charge in [-0.3, -0.25) is 9.59 Å². The van der Waals surface area contributed by atoms with E-state index in [0.29, 0.717) is 19.4 Å². The van der Waals surface area contributed by atoms with Crippen LogP contribution in [0.1, 0.15) is 19.8 Å². The smallest absolute Gasteiger partial charge is 0.406 e. The molecule has 0 bridgehead atoms. The van der Waals surface area contributed by atoms with Crippen molar-refractivity contribution in [1.29, 1.82) is 0 Å². The Balaban J connectivity index is 1.89. The van der Waals surface area contributed by atoms with E-state index in [4.69, 9.17) is 4.74 Å². The van der Waals surface area contributed by atoms with Crippen molar-refractivity contribution in [2.75, 3.05) is 26.2 Å². The normalized spacial score (nSPS) is 16.4. The molecule has 2 rings (SSSR count). The molecule has 162 valence electrons. The number of Topliss-reactive ketones (excluding diaryl/α,β-unsaturated/α-hetero) is 1. The summed E-state index contributed by atoms with van der Waals surface area (Å²) in [6.07, 6.45) is -4.60. The van der Waals surface area contributed by atoms with E-state index in [1.807, 2.05) is 0 Å². The number of rotatable bonds is 8. The van der Waals surface area contributed by atoms with Crippen LogP contribution in [0.3, 0.4) is 0 Å². The summed E-state index contributed by atoms with van der Waals surface area (Å²) in [7, 11) is -3.89.